The predicted molar refractivity (Wildman–Crippen MR) is 108 cm³/mol. The van der Waals surface area contributed by atoms with Crippen molar-refractivity contribution in [2.45, 2.75) is 52.4 Å². The number of nitrogens with zero attached hydrogens (tertiary/aromatic N) is 1. The first-order valence-electron chi connectivity index (χ1n) is 8.56. The molecule has 0 unspecified atom stereocenters. The van der Waals surface area contributed by atoms with Gasteiger partial charge in [-0.05, 0) is 40.7 Å². The summed E-state index contributed by atoms with van der Waals surface area (Å²) in [4.78, 5) is 4.63. The monoisotopic (exact) mass is 417 g/mol. The number of hydrogen-bond acceptors (Lipinski definition) is 4. The first-order chi connectivity index (χ1) is 11.9. The second-order valence-corrected chi connectivity index (χ2v) is 9.59. The molecule has 0 radical (unpaired) electrons. The Balaban J connectivity index is 2.39. The maximum absolute atomic E-state index is 10.9. The van der Waals surface area contributed by atoms with Gasteiger partial charge < -0.3 is 14.6 Å². The lowest BCUT2D eigenvalue weighted by Crippen LogP contribution is -2.17. The SMILES string of the molecule is CC(C)(C)c1cc(C(C)(C)C)c2nc(-c3cc(Br)ccc3O)oc2c1O. The maximum atomic E-state index is 10.9. The molecule has 26 heavy (non-hydrogen) atoms. The zero-order valence-electron chi connectivity index (χ0n) is 15.9. The second-order valence-electron chi connectivity index (χ2n) is 8.68. The molecule has 0 saturated carbocycles. The van der Waals surface area contributed by atoms with Crippen molar-refractivity contribution >= 4 is 27.0 Å². The van der Waals surface area contributed by atoms with Gasteiger partial charge in [0, 0.05) is 10.0 Å². The molecule has 3 rings (SSSR count). The average molecular weight is 418 g/mol. The van der Waals surface area contributed by atoms with Crippen molar-refractivity contribution in [2.75, 3.05) is 0 Å². The summed E-state index contributed by atoms with van der Waals surface area (Å²) in [6.45, 7) is 12.5. The molecule has 0 spiro atoms. The van der Waals surface area contributed by atoms with E-state index in [1.807, 2.05) is 6.07 Å². The van der Waals surface area contributed by atoms with Crippen LogP contribution in [0.4, 0.5) is 0 Å². The second kappa shape index (κ2) is 6.02. The molecule has 0 aliphatic carbocycles. The highest BCUT2D eigenvalue weighted by molar-refractivity contribution is 9.10. The normalized spacial score (nSPS) is 12.7. The molecule has 0 saturated heterocycles. The first-order valence-corrected chi connectivity index (χ1v) is 9.35. The summed E-state index contributed by atoms with van der Waals surface area (Å²) in [6, 6.07) is 7.10. The lowest BCUT2D eigenvalue weighted by atomic mass is 9.79. The number of fused-ring (bicyclic) bond motifs is 1. The Kier molecular flexibility index (Phi) is 4.34. The molecular formula is C21H24BrNO3. The lowest BCUT2D eigenvalue weighted by molar-refractivity contribution is 0.438. The van der Waals surface area contributed by atoms with Gasteiger partial charge in [-0.1, -0.05) is 57.5 Å². The van der Waals surface area contributed by atoms with Crippen LogP contribution < -0.4 is 0 Å². The van der Waals surface area contributed by atoms with Crippen molar-refractivity contribution < 1.29 is 14.6 Å². The van der Waals surface area contributed by atoms with Gasteiger partial charge >= 0.3 is 0 Å². The Labute approximate surface area is 162 Å². The highest BCUT2D eigenvalue weighted by atomic mass is 79.9. The van der Waals surface area contributed by atoms with Gasteiger partial charge in [-0.3, -0.25) is 0 Å². The summed E-state index contributed by atoms with van der Waals surface area (Å²) in [7, 11) is 0. The van der Waals surface area contributed by atoms with Crippen LogP contribution in [0.25, 0.3) is 22.6 Å². The van der Waals surface area contributed by atoms with Crippen molar-refractivity contribution in [3.05, 3.63) is 39.9 Å². The predicted octanol–water partition coefficient (Wildman–Crippen LogP) is 6.26. The molecule has 138 valence electrons. The smallest absolute Gasteiger partial charge is 0.231 e. The molecule has 0 atom stereocenters. The van der Waals surface area contributed by atoms with Crippen LogP contribution in [0.15, 0.2) is 33.2 Å². The molecule has 1 aromatic heterocycles. The highest BCUT2D eigenvalue weighted by Crippen LogP contribution is 2.44. The van der Waals surface area contributed by atoms with E-state index in [1.54, 1.807) is 18.2 Å². The van der Waals surface area contributed by atoms with Crippen LogP contribution in [-0.2, 0) is 10.8 Å². The number of rotatable bonds is 1. The van der Waals surface area contributed by atoms with Crippen molar-refractivity contribution in [1.29, 1.82) is 0 Å². The van der Waals surface area contributed by atoms with Gasteiger partial charge in [0.1, 0.15) is 11.3 Å². The Morgan fingerprint density at radius 3 is 2.12 bits per heavy atom. The number of oxazole rings is 1. The summed E-state index contributed by atoms with van der Waals surface area (Å²) in [5, 5.41) is 21.1. The molecule has 3 aromatic rings. The van der Waals surface area contributed by atoms with Gasteiger partial charge in [-0.15, -0.1) is 0 Å². The molecule has 5 heteroatoms. The van der Waals surface area contributed by atoms with Crippen molar-refractivity contribution in [2.24, 2.45) is 0 Å². The van der Waals surface area contributed by atoms with Gasteiger partial charge in [0.15, 0.2) is 11.3 Å². The van der Waals surface area contributed by atoms with Crippen LogP contribution in [0.1, 0.15) is 52.7 Å². The Hall–Kier alpha value is -2.01. The van der Waals surface area contributed by atoms with E-state index in [0.717, 1.165) is 15.6 Å². The molecular weight excluding hydrogens is 394 g/mol. The molecule has 0 fully saturated rings. The van der Waals surface area contributed by atoms with Gasteiger partial charge in [-0.25, -0.2) is 4.98 Å². The Morgan fingerprint density at radius 1 is 0.923 bits per heavy atom. The fraction of sp³-hybridized carbons (Fsp3) is 0.381. The lowest BCUT2D eigenvalue weighted by Gasteiger charge is -2.25. The topological polar surface area (TPSA) is 66.5 Å². The third-order valence-corrected chi connectivity index (χ3v) is 4.94. The van der Waals surface area contributed by atoms with E-state index in [-0.39, 0.29) is 28.2 Å². The minimum absolute atomic E-state index is 0.0765. The summed E-state index contributed by atoms with van der Waals surface area (Å²) in [5.74, 6) is 0.465. The summed E-state index contributed by atoms with van der Waals surface area (Å²) in [6.07, 6.45) is 0. The summed E-state index contributed by atoms with van der Waals surface area (Å²) in [5.41, 5.74) is 2.85. The minimum Gasteiger partial charge on any atom is -0.507 e. The summed E-state index contributed by atoms with van der Waals surface area (Å²) < 4.78 is 6.76. The van der Waals surface area contributed by atoms with Crippen LogP contribution >= 0.6 is 15.9 Å². The summed E-state index contributed by atoms with van der Waals surface area (Å²) >= 11 is 3.41. The largest absolute Gasteiger partial charge is 0.507 e. The minimum atomic E-state index is -0.247. The molecule has 0 amide bonds. The van der Waals surface area contributed by atoms with Crippen LogP contribution in [0.3, 0.4) is 0 Å². The van der Waals surface area contributed by atoms with E-state index in [2.05, 4.69) is 62.5 Å². The van der Waals surface area contributed by atoms with Crippen LogP contribution in [-0.4, -0.2) is 15.2 Å². The Morgan fingerprint density at radius 2 is 1.54 bits per heavy atom. The molecule has 0 aliphatic rings. The molecule has 4 nitrogen and oxygen atoms in total. The number of phenols is 2. The fourth-order valence-electron chi connectivity index (χ4n) is 3.00. The van der Waals surface area contributed by atoms with Crippen LogP contribution in [0, 0.1) is 0 Å². The van der Waals surface area contributed by atoms with Crippen molar-refractivity contribution in [3.8, 4) is 23.0 Å². The quantitative estimate of drug-likeness (QED) is 0.489. The maximum Gasteiger partial charge on any atom is 0.231 e. The van der Waals surface area contributed by atoms with Crippen molar-refractivity contribution in [1.82, 2.24) is 4.98 Å². The molecule has 1 heterocycles. The number of benzene rings is 2. The van der Waals surface area contributed by atoms with E-state index in [0.29, 0.717) is 16.7 Å². The first kappa shape index (κ1) is 18.8. The third-order valence-electron chi connectivity index (χ3n) is 4.45. The zero-order valence-corrected chi connectivity index (χ0v) is 17.5. The Bertz CT molecular complexity index is 991. The number of aromatic nitrogens is 1. The average Bonchev–Trinajstić information content (AvgIpc) is 2.92. The van der Waals surface area contributed by atoms with Crippen LogP contribution in [0.2, 0.25) is 0 Å². The van der Waals surface area contributed by atoms with E-state index < -0.39 is 0 Å². The number of halogens is 1. The van der Waals surface area contributed by atoms with E-state index in [1.165, 1.54) is 0 Å². The number of aromatic hydroxyl groups is 2. The molecule has 2 aromatic carbocycles. The molecule has 0 aliphatic heterocycles. The third kappa shape index (κ3) is 3.20. The van der Waals surface area contributed by atoms with Crippen LogP contribution in [0.5, 0.6) is 11.5 Å². The van der Waals surface area contributed by atoms with E-state index in [9.17, 15) is 10.2 Å². The molecule has 2 N–H and O–H groups in total. The van der Waals surface area contributed by atoms with Gasteiger partial charge in [0.05, 0.1) is 5.56 Å². The number of phenolic OH excluding ortho intramolecular Hbond substituents is 2. The van der Waals surface area contributed by atoms with Gasteiger partial charge in [0.2, 0.25) is 5.89 Å². The van der Waals surface area contributed by atoms with Gasteiger partial charge in [0.25, 0.3) is 0 Å². The van der Waals surface area contributed by atoms with Gasteiger partial charge in [-0.2, -0.15) is 0 Å². The van der Waals surface area contributed by atoms with Crippen molar-refractivity contribution in [3.63, 3.8) is 0 Å². The molecule has 0 bridgehead atoms. The van der Waals surface area contributed by atoms with E-state index in [4.69, 9.17) is 4.42 Å². The standard InChI is InChI=1S/C21H24BrNO3/c1-20(2,3)13-10-14(21(4,5)6)17(25)18-16(13)23-19(26-18)12-9-11(22)7-8-15(12)24/h7-10,24-25H,1-6H3. The highest BCUT2D eigenvalue weighted by Gasteiger charge is 2.29. The zero-order chi connectivity index (χ0) is 19.4. The van der Waals surface area contributed by atoms with E-state index >= 15 is 0 Å². The fourth-order valence-corrected chi connectivity index (χ4v) is 3.37. The number of hydrogen-bond donors (Lipinski definition) is 2.